The molecule has 2 aromatic heterocycles. The van der Waals surface area contributed by atoms with Crippen LogP contribution in [0.1, 0.15) is 5.56 Å². The van der Waals surface area contributed by atoms with Crippen molar-refractivity contribution in [1.29, 1.82) is 0 Å². The summed E-state index contributed by atoms with van der Waals surface area (Å²) in [4.78, 5) is 21.6. The predicted molar refractivity (Wildman–Crippen MR) is 102 cm³/mol. The van der Waals surface area contributed by atoms with Gasteiger partial charge in [-0.05, 0) is 35.9 Å². The van der Waals surface area contributed by atoms with Crippen LogP contribution in [-0.4, -0.2) is 32.7 Å². The van der Waals surface area contributed by atoms with E-state index >= 15 is 0 Å². The summed E-state index contributed by atoms with van der Waals surface area (Å²) >= 11 is 5.85. The highest BCUT2D eigenvalue weighted by Gasteiger charge is 2.15. The fourth-order valence-electron chi connectivity index (χ4n) is 2.80. The van der Waals surface area contributed by atoms with Crippen molar-refractivity contribution in [3.05, 3.63) is 71.3 Å². The number of hydrogen-bond acceptors (Lipinski definition) is 3. The van der Waals surface area contributed by atoms with Gasteiger partial charge in [-0.15, -0.1) is 0 Å². The Balaban J connectivity index is 1.54. The van der Waals surface area contributed by atoms with E-state index in [9.17, 15) is 9.18 Å². The SMILES string of the molecule is CN(C(=O)Cc1cc(F)cc(Cl)c1)c1cnn(-c2nc3ccccc3[nH]2)c1. The summed E-state index contributed by atoms with van der Waals surface area (Å²) < 4.78 is 15.0. The molecule has 1 amide bonds. The van der Waals surface area contributed by atoms with E-state index in [-0.39, 0.29) is 17.4 Å². The number of carbonyl (C=O) groups is 1. The molecule has 27 heavy (non-hydrogen) atoms. The minimum atomic E-state index is -0.467. The number of rotatable bonds is 4. The number of likely N-dealkylation sites (N-methyl/N-ethyl adjacent to an activating group) is 1. The second-order valence-electron chi connectivity index (χ2n) is 6.13. The molecule has 0 spiro atoms. The number of nitrogens with one attached hydrogen (secondary N) is 1. The fraction of sp³-hybridized carbons (Fsp3) is 0.105. The number of benzene rings is 2. The molecule has 2 aromatic carbocycles. The number of hydrogen-bond donors (Lipinski definition) is 1. The van der Waals surface area contributed by atoms with Gasteiger partial charge in [0.1, 0.15) is 5.82 Å². The number of nitrogens with zero attached hydrogens (tertiary/aromatic N) is 4. The number of para-hydroxylation sites is 2. The van der Waals surface area contributed by atoms with Crippen LogP contribution in [0.4, 0.5) is 10.1 Å². The summed E-state index contributed by atoms with van der Waals surface area (Å²) in [6.07, 6.45) is 3.31. The van der Waals surface area contributed by atoms with E-state index in [4.69, 9.17) is 11.6 Å². The molecular formula is C19H15ClFN5O. The molecule has 2 heterocycles. The van der Waals surface area contributed by atoms with Gasteiger partial charge < -0.3 is 9.88 Å². The highest BCUT2D eigenvalue weighted by Crippen LogP contribution is 2.19. The third-order valence-electron chi connectivity index (χ3n) is 4.20. The quantitative estimate of drug-likeness (QED) is 0.583. The van der Waals surface area contributed by atoms with Gasteiger partial charge in [0, 0.05) is 12.1 Å². The van der Waals surface area contributed by atoms with Gasteiger partial charge in [-0.2, -0.15) is 5.10 Å². The maximum absolute atomic E-state index is 13.4. The molecule has 4 aromatic rings. The lowest BCUT2D eigenvalue weighted by Gasteiger charge is -2.15. The van der Waals surface area contributed by atoms with Crippen molar-refractivity contribution in [2.45, 2.75) is 6.42 Å². The lowest BCUT2D eigenvalue weighted by atomic mass is 10.1. The smallest absolute Gasteiger partial charge is 0.231 e. The molecule has 4 rings (SSSR count). The van der Waals surface area contributed by atoms with Crippen LogP contribution in [0, 0.1) is 5.82 Å². The molecular weight excluding hydrogens is 369 g/mol. The van der Waals surface area contributed by atoms with Gasteiger partial charge >= 0.3 is 0 Å². The van der Waals surface area contributed by atoms with Crippen molar-refractivity contribution in [3.8, 4) is 5.95 Å². The van der Waals surface area contributed by atoms with Crippen LogP contribution in [0.25, 0.3) is 17.0 Å². The molecule has 0 radical (unpaired) electrons. The molecule has 0 saturated heterocycles. The first-order chi connectivity index (χ1) is 13.0. The first-order valence-corrected chi connectivity index (χ1v) is 8.59. The Labute approximate surface area is 159 Å². The summed E-state index contributed by atoms with van der Waals surface area (Å²) in [7, 11) is 1.64. The monoisotopic (exact) mass is 383 g/mol. The Morgan fingerprint density at radius 3 is 2.89 bits per heavy atom. The summed E-state index contributed by atoms with van der Waals surface area (Å²) in [6.45, 7) is 0. The molecule has 0 aliphatic carbocycles. The summed E-state index contributed by atoms with van der Waals surface area (Å²) in [5, 5.41) is 4.53. The number of imidazole rings is 1. The van der Waals surface area contributed by atoms with E-state index in [0.717, 1.165) is 11.0 Å². The molecule has 1 N–H and O–H groups in total. The van der Waals surface area contributed by atoms with Crippen LogP contribution in [0.15, 0.2) is 54.9 Å². The number of fused-ring (bicyclic) bond motifs is 1. The van der Waals surface area contributed by atoms with E-state index in [1.807, 2.05) is 24.3 Å². The topological polar surface area (TPSA) is 66.8 Å². The Morgan fingerprint density at radius 1 is 1.30 bits per heavy atom. The second kappa shape index (κ2) is 6.85. The summed E-state index contributed by atoms with van der Waals surface area (Å²) in [6, 6.07) is 11.7. The fourth-order valence-corrected chi connectivity index (χ4v) is 3.04. The van der Waals surface area contributed by atoms with E-state index in [1.165, 1.54) is 17.0 Å². The van der Waals surface area contributed by atoms with E-state index < -0.39 is 5.82 Å². The molecule has 136 valence electrons. The summed E-state index contributed by atoms with van der Waals surface area (Å²) in [5.74, 6) is -0.119. The Bertz CT molecular complexity index is 1080. The maximum Gasteiger partial charge on any atom is 0.231 e. The van der Waals surface area contributed by atoms with Crippen molar-refractivity contribution < 1.29 is 9.18 Å². The average Bonchev–Trinajstić information content (AvgIpc) is 3.26. The van der Waals surface area contributed by atoms with Crippen molar-refractivity contribution in [2.75, 3.05) is 11.9 Å². The molecule has 0 saturated carbocycles. The number of anilines is 1. The normalized spacial score (nSPS) is 11.1. The van der Waals surface area contributed by atoms with Gasteiger partial charge in [-0.3, -0.25) is 4.79 Å². The molecule has 0 unspecified atom stereocenters. The zero-order valence-corrected chi connectivity index (χ0v) is 15.1. The highest BCUT2D eigenvalue weighted by atomic mass is 35.5. The number of aromatic nitrogens is 4. The lowest BCUT2D eigenvalue weighted by Crippen LogP contribution is -2.27. The third-order valence-corrected chi connectivity index (χ3v) is 4.42. The van der Waals surface area contributed by atoms with Crippen LogP contribution < -0.4 is 4.90 Å². The van der Waals surface area contributed by atoms with Gasteiger partial charge in [-0.25, -0.2) is 14.1 Å². The van der Waals surface area contributed by atoms with Crippen molar-refractivity contribution in [3.63, 3.8) is 0 Å². The maximum atomic E-state index is 13.4. The minimum Gasteiger partial charge on any atom is -0.322 e. The number of carbonyl (C=O) groups excluding carboxylic acids is 1. The van der Waals surface area contributed by atoms with Gasteiger partial charge in [-0.1, -0.05) is 23.7 Å². The minimum absolute atomic E-state index is 0.0315. The number of aromatic amines is 1. The predicted octanol–water partition coefficient (Wildman–Crippen LogP) is 3.75. The van der Waals surface area contributed by atoms with Gasteiger partial charge in [0.2, 0.25) is 11.9 Å². The molecule has 0 atom stereocenters. The molecule has 8 heteroatoms. The van der Waals surface area contributed by atoms with Crippen molar-refractivity contribution in [1.82, 2.24) is 19.7 Å². The van der Waals surface area contributed by atoms with Crippen LogP contribution >= 0.6 is 11.6 Å². The van der Waals surface area contributed by atoms with Crippen LogP contribution in [0.5, 0.6) is 0 Å². The standard InChI is InChI=1S/C19H15ClFN5O/c1-25(18(27)8-12-6-13(20)9-14(21)7-12)15-10-22-26(11-15)19-23-16-4-2-3-5-17(16)24-19/h2-7,9-11H,8H2,1H3,(H,23,24). The molecule has 6 nitrogen and oxygen atoms in total. The number of amides is 1. The van der Waals surface area contributed by atoms with Gasteiger partial charge in [0.25, 0.3) is 0 Å². The average molecular weight is 384 g/mol. The number of H-pyrrole nitrogens is 1. The first-order valence-electron chi connectivity index (χ1n) is 8.21. The number of halogens is 2. The second-order valence-corrected chi connectivity index (χ2v) is 6.56. The zero-order chi connectivity index (χ0) is 19.0. The van der Waals surface area contributed by atoms with Gasteiger partial charge in [0.05, 0.1) is 35.5 Å². The Kier molecular flexibility index (Phi) is 4.37. The first kappa shape index (κ1) is 17.2. The summed E-state index contributed by atoms with van der Waals surface area (Å²) in [5.41, 5.74) is 2.85. The van der Waals surface area contributed by atoms with Crippen LogP contribution in [0.3, 0.4) is 0 Å². The van der Waals surface area contributed by atoms with E-state index in [1.54, 1.807) is 30.2 Å². The Morgan fingerprint density at radius 2 is 2.11 bits per heavy atom. The largest absolute Gasteiger partial charge is 0.322 e. The van der Waals surface area contributed by atoms with Crippen molar-refractivity contribution >= 4 is 34.2 Å². The molecule has 0 aliphatic rings. The lowest BCUT2D eigenvalue weighted by molar-refractivity contribution is -0.117. The molecule has 0 bridgehead atoms. The Hall–Kier alpha value is -3.19. The van der Waals surface area contributed by atoms with Crippen LogP contribution in [0.2, 0.25) is 5.02 Å². The zero-order valence-electron chi connectivity index (χ0n) is 14.4. The van der Waals surface area contributed by atoms with E-state index in [2.05, 4.69) is 15.1 Å². The third kappa shape index (κ3) is 3.54. The molecule has 0 aliphatic heterocycles. The molecule has 0 fully saturated rings. The van der Waals surface area contributed by atoms with Crippen LogP contribution in [-0.2, 0) is 11.2 Å². The van der Waals surface area contributed by atoms with Gasteiger partial charge in [0.15, 0.2) is 0 Å². The highest BCUT2D eigenvalue weighted by molar-refractivity contribution is 6.30. The van der Waals surface area contributed by atoms with E-state index in [0.29, 0.717) is 17.2 Å². The van der Waals surface area contributed by atoms with Crippen molar-refractivity contribution in [2.24, 2.45) is 0 Å².